The SMILES string of the molecule is Oc1ccccc1N1CCN(C[C@@H]2CCCC[C@@H]2O)CC1. The third-order valence-corrected chi connectivity index (χ3v) is 4.96. The minimum Gasteiger partial charge on any atom is -0.506 e. The highest BCUT2D eigenvalue weighted by Crippen LogP contribution is 2.28. The number of hydrogen-bond donors (Lipinski definition) is 2. The molecule has 0 bridgehead atoms. The smallest absolute Gasteiger partial charge is 0.138 e. The fraction of sp³-hybridized carbons (Fsp3) is 0.647. The van der Waals surface area contributed by atoms with Gasteiger partial charge in [-0.15, -0.1) is 0 Å². The topological polar surface area (TPSA) is 46.9 Å². The van der Waals surface area contributed by atoms with E-state index < -0.39 is 0 Å². The van der Waals surface area contributed by atoms with Gasteiger partial charge in [-0.25, -0.2) is 0 Å². The zero-order chi connectivity index (χ0) is 14.7. The first-order valence-corrected chi connectivity index (χ1v) is 8.17. The molecule has 3 rings (SSSR count). The number of phenols is 1. The van der Waals surface area contributed by atoms with E-state index in [1.54, 1.807) is 6.07 Å². The van der Waals surface area contributed by atoms with Crippen LogP contribution in [0.1, 0.15) is 25.7 Å². The maximum atomic E-state index is 10.1. The molecule has 0 amide bonds. The maximum Gasteiger partial charge on any atom is 0.138 e. The molecule has 21 heavy (non-hydrogen) atoms. The molecule has 2 aliphatic rings. The van der Waals surface area contributed by atoms with E-state index in [0.717, 1.165) is 44.8 Å². The monoisotopic (exact) mass is 290 g/mol. The predicted molar refractivity (Wildman–Crippen MR) is 84.7 cm³/mol. The van der Waals surface area contributed by atoms with Gasteiger partial charge in [-0.05, 0) is 30.9 Å². The molecule has 0 unspecified atom stereocenters. The molecule has 1 aromatic carbocycles. The lowest BCUT2D eigenvalue weighted by atomic mass is 9.86. The van der Waals surface area contributed by atoms with E-state index in [1.807, 2.05) is 18.2 Å². The molecule has 1 heterocycles. The maximum absolute atomic E-state index is 10.1. The van der Waals surface area contributed by atoms with Gasteiger partial charge in [-0.3, -0.25) is 4.90 Å². The van der Waals surface area contributed by atoms with Crippen LogP contribution in [0.3, 0.4) is 0 Å². The second-order valence-corrected chi connectivity index (χ2v) is 6.39. The summed E-state index contributed by atoms with van der Waals surface area (Å²) in [6.07, 6.45) is 4.48. The molecule has 1 aromatic rings. The lowest BCUT2D eigenvalue weighted by molar-refractivity contribution is 0.0453. The van der Waals surface area contributed by atoms with Gasteiger partial charge in [0.05, 0.1) is 11.8 Å². The molecule has 1 aliphatic carbocycles. The van der Waals surface area contributed by atoms with Crippen molar-refractivity contribution in [2.45, 2.75) is 31.8 Å². The lowest BCUT2D eigenvalue weighted by Gasteiger charge is -2.39. The van der Waals surface area contributed by atoms with Crippen LogP contribution in [0.5, 0.6) is 5.75 Å². The van der Waals surface area contributed by atoms with E-state index in [1.165, 1.54) is 19.3 Å². The summed E-state index contributed by atoms with van der Waals surface area (Å²) in [4.78, 5) is 4.72. The van der Waals surface area contributed by atoms with Crippen LogP contribution >= 0.6 is 0 Å². The molecule has 0 radical (unpaired) electrons. The largest absolute Gasteiger partial charge is 0.506 e. The van der Waals surface area contributed by atoms with Gasteiger partial charge in [0.1, 0.15) is 5.75 Å². The average Bonchev–Trinajstić information content (AvgIpc) is 2.51. The van der Waals surface area contributed by atoms with Crippen LogP contribution in [0, 0.1) is 5.92 Å². The number of aromatic hydroxyl groups is 1. The predicted octanol–water partition coefficient (Wildman–Crippen LogP) is 2.07. The molecule has 1 saturated carbocycles. The van der Waals surface area contributed by atoms with E-state index in [4.69, 9.17) is 0 Å². The summed E-state index contributed by atoms with van der Waals surface area (Å²) < 4.78 is 0. The van der Waals surface area contributed by atoms with Gasteiger partial charge in [-0.2, -0.15) is 0 Å². The van der Waals surface area contributed by atoms with Crippen molar-refractivity contribution in [1.29, 1.82) is 0 Å². The molecule has 1 aliphatic heterocycles. The van der Waals surface area contributed by atoms with Crippen LogP contribution in [0.25, 0.3) is 0 Å². The highest BCUT2D eigenvalue weighted by molar-refractivity contribution is 5.57. The van der Waals surface area contributed by atoms with Crippen LogP contribution in [0.15, 0.2) is 24.3 Å². The minimum absolute atomic E-state index is 0.102. The summed E-state index contributed by atoms with van der Waals surface area (Å²) >= 11 is 0. The van der Waals surface area contributed by atoms with E-state index >= 15 is 0 Å². The summed E-state index contributed by atoms with van der Waals surface area (Å²) in [5.41, 5.74) is 0.940. The fourth-order valence-corrected chi connectivity index (χ4v) is 3.64. The standard InChI is InChI=1S/C17H26N2O2/c20-16-7-3-1-5-14(16)13-18-9-11-19(12-10-18)15-6-2-4-8-17(15)21/h2,4,6,8,14,16,20-21H,1,3,5,7,9-13H2/t14-,16-/m0/s1. The van der Waals surface area contributed by atoms with Crippen molar-refractivity contribution in [2.75, 3.05) is 37.6 Å². The zero-order valence-corrected chi connectivity index (χ0v) is 12.6. The fourth-order valence-electron chi connectivity index (χ4n) is 3.64. The molecule has 2 N–H and O–H groups in total. The van der Waals surface area contributed by atoms with Crippen molar-refractivity contribution in [3.63, 3.8) is 0 Å². The number of phenolic OH excluding ortho intramolecular Hbond substituents is 1. The third-order valence-electron chi connectivity index (χ3n) is 4.96. The van der Waals surface area contributed by atoms with Gasteiger partial charge in [0.15, 0.2) is 0 Å². The first kappa shape index (κ1) is 14.7. The molecule has 0 aromatic heterocycles. The third kappa shape index (κ3) is 3.50. The number of para-hydroxylation sites is 2. The second kappa shape index (κ2) is 6.67. The molecule has 2 fully saturated rings. The van der Waals surface area contributed by atoms with Crippen LogP contribution < -0.4 is 4.90 Å². The zero-order valence-electron chi connectivity index (χ0n) is 12.6. The number of piperazine rings is 1. The number of rotatable bonds is 3. The highest BCUT2D eigenvalue weighted by atomic mass is 16.3. The molecule has 116 valence electrons. The highest BCUT2D eigenvalue weighted by Gasteiger charge is 2.27. The summed E-state index contributed by atoms with van der Waals surface area (Å²) in [6, 6.07) is 7.56. The summed E-state index contributed by atoms with van der Waals surface area (Å²) in [7, 11) is 0. The number of aliphatic hydroxyl groups excluding tert-OH is 1. The van der Waals surface area contributed by atoms with Gasteiger partial charge in [-0.1, -0.05) is 25.0 Å². The van der Waals surface area contributed by atoms with Crippen LogP contribution in [0.4, 0.5) is 5.69 Å². The van der Waals surface area contributed by atoms with E-state index in [-0.39, 0.29) is 6.10 Å². The van der Waals surface area contributed by atoms with Gasteiger partial charge in [0.2, 0.25) is 0 Å². The Bertz CT molecular complexity index is 458. The molecular formula is C17H26N2O2. The Morgan fingerprint density at radius 3 is 2.43 bits per heavy atom. The van der Waals surface area contributed by atoms with Crippen molar-refractivity contribution in [3.8, 4) is 5.75 Å². The number of benzene rings is 1. The van der Waals surface area contributed by atoms with Crippen LogP contribution in [-0.2, 0) is 0 Å². The van der Waals surface area contributed by atoms with Crippen molar-refractivity contribution in [3.05, 3.63) is 24.3 Å². The van der Waals surface area contributed by atoms with E-state index in [9.17, 15) is 10.2 Å². The first-order chi connectivity index (χ1) is 10.2. The van der Waals surface area contributed by atoms with Gasteiger partial charge < -0.3 is 15.1 Å². The van der Waals surface area contributed by atoms with E-state index in [2.05, 4.69) is 9.80 Å². The Kier molecular flexibility index (Phi) is 4.66. The van der Waals surface area contributed by atoms with Crippen molar-refractivity contribution >= 4 is 5.69 Å². The molecule has 2 atom stereocenters. The molecule has 1 saturated heterocycles. The minimum atomic E-state index is -0.102. The summed E-state index contributed by atoms with van der Waals surface area (Å²) in [6.45, 7) is 4.94. The molecule has 4 nitrogen and oxygen atoms in total. The Balaban J connectivity index is 1.52. The summed E-state index contributed by atoms with van der Waals surface area (Å²) in [5.74, 6) is 0.823. The van der Waals surface area contributed by atoms with Gasteiger partial charge >= 0.3 is 0 Å². The Morgan fingerprint density at radius 1 is 1.00 bits per heavy atom. The Labute approximate surface area is 127 Å². The molecule has 0 spiro atoms. The quantitative estimate of drug-likeness (QED) is 0.894. The number of hydrogen-bond acceptors (Lipinski definition) is 4. The average molecular weight is 290 g/mol. The number of aliphatic hydroxyl groups is 1. The van der Waals surface area contributed by atoms with E-state index in [0.29, 0.717) is 11.7 Å². The van der Waals surface area contributed by atoms with Crippen molar-refractivity contribution < 1.29 is 10.2 Å². The Morgan fingerprint density at radius 2 is 1.71 bits per heavy atom. The summed E-state index contributed by atoms with van der Waals surface area (Å²) in [5, 5.41) is 20.0. The normalized spacial score (nSPS) is 27.8. The molecular weight excluding hydrogens is 264 g/mol. The number of nitrogens with zero attached hydrogens (tertiary/aromatic N) is 2. The molecule has 4 heteroatoms. The van der Waals surface area contributed by atoms with Crippen molar-refractivity contribution in [2.24, 2.45) is 5.92 Å². The Hall–Kier alpha value is -1.26. The van der Waals surface area contributed by atoms with Crippen LogP contribution in [0.2, 0.25) is 0 Å². The van der Waals surface area contributed by atoms with Gasteiger partial charge in [0.25, 0.3) is 0 Å². The first-order valence-electron chi connectivity index (χ1n) is 8.17. The van der Waals surface area contributed by atoms with Gasteiger partial charge in [0, 0.05) is 32.7 Å². The number of anilines is 1. The van der Waals surface area contributed by atoms with Crippen molar-refractivity contribution in [1.82, 2.24) is 4.90 Å². The van der Waals surface area contributed by atoms with Crippen LogP contribution in [-0.4, -0.2) is 53.9 Å². The lowest BCUT2D eigenvalue weighted by Crippen LogP contribution is -2.49. The second-order valence-electron chi connectivity index (χ2n) is 6.39.